The highest BCUT2D eigenvalue weighted by molar-refractivity contribution is 5.80. The first-order valence-corrected chi connectivity index (χ1v) is 7.65. The Morgan fingerprint density at radius 1 is 0.958 bits per heavy atom. The third-order valence-corrected chi connectivity index (χ3v) is 3.15. The zero-order chi connectivity index (χ0) is 17.2. The molecule has 0 saturated heterocycles. The molecule has 0 bridgehead atoms. The molecule has 6 heteroatoms. The van der Waals surface area contributed by atoms with Crippen LogP contribution in [0.4, 0.5) is 4.79 Å². The smallest absolute Gasteiger partial charge is 0.426 e. The largest absolute Gasteiger partial charge is 0.483 e. The van der Waals surface area contributed by atoms with Crippen molar-refractivity contribution >= 4 is 12.0 Å². The van der Waals surface area contributed by atoms with Gasteiger partial charge in [0.2, 0.25) is 0 Å². The molecule has 126 valence electrons. The van der Waals surface area contributed by atoms with E-state index in [2.05, 4.69) is 15.6 Å². The standard InChI is InChI=1S/C18H20N2O4/c1-2-23-18(22)20-19-17(21)13-24-16-11-7-6-10-15(16)12-14-8-4-3-5-9-14/h3-11H,2,12-13H2,1H3,(H,19,21)(H,20,22). The first-order valence-electron chi connectivity index (χ1n) is 7.65. The van der Waals surface area contributed by atoms with E-state index in [9.17, 15) is 9.59 Å². The van der Waals surface area contributed by atoms with Crippen molar-refractivity contribution in [2.75, 3.05) is 13.2 Å². The number of ether oxygens (including phenoxy) is 2. The first-order chi connectivity index (χ1) is 11.7. The van der Waals surface area contributed by atoms with E-state index in [1.54, 1.807) is 6.92 Å². The maximum Gasteiger partial charge on any atom is 0.426 e. The zero-order valence-corrected chi connectivity index (χ0v) is 13.5. The van der Waals surface area contributed by atoms with Crippen LogP contribution in [0.3, 0.4) is 0 Å². The number of para-hydroxylation sites is 1. The van der Waals surface area contributed by atoms with Crippen LogP contribution < -0.4 is 15.6 Å². The van der Waals surface area contributed by atoms with E-state index in [0.29, 0.717) is 12.2 Å². The van der Waals surface area contributed by atoms with E-state index >= 15 is 0 Å². The highest BCUT2D eigenvalue weighted by atomic mass is 16.6. The first kappa shape index (κ1) is 17.3. The van der Waals surface area contributed by atoms with Crippen molar-refractivity contribution in [2.24, 2.45) is 0 Å². The van der Waals surface area contributed by atoms with Crippen LogP contribution in [-0.2, 0) is 16.0 Å². The van der Waals surface area contributed by atoms with E-state index in [1.807, 2.05) is 54.6 Å². The third kappa shape index (κ3) is 5.64. The number of hydrazine groups is 1. The van der Waals surface area contributed by atoms with Gasteiger partial charge in [-0.15, -0.1) is 0 Å². The maximum absolute atomic E-state index is 11.7. The predicted molar refractivity (Wildman–Crippen MR) is 89.5 cm³/mol. The summed E-state index contributed by atoms with van der Waals surface area (Å²) in [6.07, 6.45) is -0.00462. The van der Waals surface area contributed by atoms with Gasteiger partial charge < -0.3 is 9.47 Å². The van der Waals surface area contributed by atoms with E-state index < -0.39 is 12.0 Å². The lowest BCUT2D eigenvalue weighted by Crippen LogP contribution is -2.44. The van der Waals surface area contributed by atoms with Crippen LogP contribution in [0.2, 0.25) is 0 Å². The second kappa shape index (κ2) is 9.19. The minimum atomic E-state index is -0.713. The fourth-order valence-electron chi connectivity index (χ4n) is 2.07. The van der Waals surface area contributed by atoms with Gasteiger partial charge in [0.15, 0.2) is 6.61 Å². The molecule has 2 amide bonds. The zero-order valence-electron chi connectivity index (χ0n) is 13.5. The van der Waals surface area contributed by atoms with Gasteiger partial charge in [-0.1, -0.05) is 48.5 Å². The molecule has 0 spiro atoms. The van der Waals surface area contributed by atoms with E-state index in [1.165, 1.54) is 0 Å². The monoisotopic (exact) mass is 328 g/mol. The Labute approximate surface area is 140 Å². The lowest BCUT2D eigenvalue weighted by atomic mass is 10.0. The summed E-state index contributed by atoms with van der Waals surface area (Å²) in [6, 6.07) is 17.5. The highest BCUT2D eigenvalue weighted by Gasteiger charge is 2.08. The van der Waals surface area contributed by atoms with Gasteiger partial charge in [0.1, 0.15) is 5.75 Å². The van der Waals surface area contributed by atoms with E-state index in [0.717, 1.165) is 11.1 Å². The van der Waals surface area contributed by atoms with Gasteiger partial charge in [0.05, 0.1) is 6.61 Å². The summed E-state index contributed by atoms with van der Waals surface area (Å²) in [4.78, 5) is 22.8. The molecule has 0 aromatic heterocycles. The summed E-state index contributed by atoms with van der Waals surface area (Å²) < 4.78 is 10.2. The Hall–Kier alpha value is -3.02. The van der Waals surface area contributed by atoms with Crippen molar-refractivity contribution in [1.82, 2.24) is 10.9 Å². The highest BCUT2D eigenvalue weighted by Crippen LogP contribution is 2.21. The van der Waals surface area contributed by atoms with Gasteiger partial charge in [-0.05, 0) is 24.1 Å². The number of hydrogen-bond donors (Lipinski definition) is 2. The van der Waals surface area contributed by atoms with Crippen LogP contribution in [0.25, 0.3) is 0 Å². The molecule has 2 N–H and O–H groups in total. The molecule has 0 aliphatic heterocycles. The molecule has 0 heterocycles. The summed E-state index contributed by atoms with van der Waals surface area (Å²) in [7, 11) is 0. The van der Waals surface area contributed by atoms with Crippen molar-refractivity contribution in [3.05, 3.63) is 65.7 Å². The third-order valence-electron chi connectivity index (χ3n) is 3.15. The molecule has 2 aromatic carbocycles. The number of carbonyl (C=O) groups excluding carboxylic acids is 2. The Balaban J connectivity index is 1.88. The molecule has 6 nitrogen and oxygen atoms in total. The van der Waals surface area contributed by atoms with E-state index in [4.69, 9.17) is 4.74 Å². The summed E-state index contributed by atoms with van der Waals surface area (Å²) in [5, 5.41) is 0. The molecule has 0 radical (unpaired) electrons. The fourth-order valence-corrected chi connectivity index (χ4v) is 2.07. The number of hydrogen-bond acceptors (Lipinski definition) is 4. The Bertz CT molecular complexity index is 674. The lowest BCUT2D eigenvalue weighted by molar-refractivity contribution is -0.124. The molecule has 0 fully saturated rings. The summed E-state index contributed by atoms with van der Waals surface area (Å²) in [6.45, 7) is 1.69. The molecular weight excluding hydrogens is 308 g/mol. The van der Waals surface area contributed by atoms with Crippen molar-refractivity contribution in [2.45, 2.75) is 13.3 Å². The molecule has 2 aromatic rings. The predicted octanol–water partition coefficient (Wildman–Crippen LogP) is 2.43. The number of nitrogens with one attached hydrogen (secondary N) is 2. The fraction of sp³-hybridized carbons (Fsp3) is 0.222. The van der Waals surface area contributed by atoms with Crippen molar-refractivity contribution in [1.29, 1.82) is 0 Å². The van der Waals surface area contributed by atoms with Crippen LogP contribution in [-0.4, -0.2) is 25.2 Å². The van der Waals surface area contributed by atoms with Crippen LogP contribution >= 0.6 is 0 Å². The van der Waals surface area contributed by atoms with Crippen LogP contribution in [0.15, 0.2) is 54.6 Å². The van der Waals surface area contributed by atoms with Gasteiger partial charge in [0.25, 0.3) is 5.91 Å². The van der Waals surface area contributed by atoms with Crippen molar-refractivity contribution in [3.8, 4) is 5.75 Å². The maximum atomic E-state index is 11.7. The Morgan fingerprint density at radius 3 is 2.42 bits per heavy atom. The van der Waals surface area contributed by atoms with Crippen LogP contribution in [0.1, 0.15) is 18.1 Å². The van der Waals surface area contributed by atoms with Gasteiger partial charge in [-0.25, -0.2) is 10.2 Å². The summed E-state index contributed by atoms with van der Waals surface area (Å²) in [5.41, 5.74) is 6.49. The normalized spacial score (nSPS) is 9.88. The van der Waals surface area contributed by atoms with Crippen LogP contribution in [0.5, 0.6) is 5.75 Å². The SMILES string of the molecule is CCOC(=O)NNC(=O)COc1ccccc1Cc1ccccc1. The minimum Gasteiger partial charge on any atom is -0.483 e. The molecule has 2 rings (SSSR count). The topological polar surface area (TPSA) is 76.7 Å². The van der Waals surface area contributed by atoms with Crippen LogP contribution in [0, 0.1) is 0 Å². The number of amides is 2. The molecule has 0 aliphatic rings. The van der Waals surface area contributed by atoms with Crippen molar-refractivity contribution in [3.63, 3.8) is 0 Å². The number of rotatable bonds is 6. The Morgan fingerprint density at radius 2 is 1.67 bits per heavy atom. The minimum absolute atomic E-state index is 0.210. The quantitative estimate of drug-likeness (QED) is 0.799. The molecule has 0 saturated carbocycles. The van der Waals surface area contributed by atoms with Gasteiger partial charge in [0, 0.05) is 6.42 Å². The Kier molecular flexibility index (Phi) is 6.64. The average Bonchev–Trinajstić information content (AvgIpc) is 2.60. The number of carbonyl (C=O) groups is 2. The molecular formula is C18H20N2O4. The molecule has 0 atom stereocenters. The average molecular weight is 328 g/mol. The van der Waals surface area contributed by atoms with Gasteiger partial charge in [-0.2, -0.15) is 0 Å². The van der Waals surface area contributed by atoms with E-state index in [-0.39, 0.29) is 13.2 Å². The van der Waals surface area contributed by atoms with Gasteiger partial charge in [-0.3, -0.25) is 10.2 Å². The van der Waals surface area contributed by atoms with Gasteiger partial charge >= 0.3 is 6.09 Å². The van der Waals surface area contributed by atoms with Crippen molar-refractivity contribution < 1.29 is 19.1 Å². The lowest BCUT2D eigenvalue weighted by Gasteiger charge is -2.12. The number of benzene rings is 2. The second-order valence-electron chi connectivity index (χ2n) is 4.95. The second-order valence-corrected chi connectivity index (χ2v) is 4.95. The summed E-state index contributed by atoms with van der Waals surface area (Å²) >= 11 is 0. The summed E-state index contributed by atoms with van der Waals surface area (Å²) in [5.74, 6) is 0.158. The molecule has 24 heavy (non-hydrogen) atoms. The molecule has 0 aliphatic carbocycles. The molecule has 0 unspecified atom stereocenters.